The normalized spacial score (nSPS) is 28.0. The van der Waals surface area contributed by atoms with Crippen LogP contribution in [-0.2, 0) is 14.3 Å². The van der Waals surface area contributed by atoms with Gasteiger partial charge in [0.05, 0.1) is 12.3 Å². The second-order valence-electron chi connectivity index (χ2n) is 6.29. The first-order valence-corrected chi connectivity index (χ1v) is 9.15. The fourth-order valence-corrected chi connectivity index (χ4v) is 4.18. The number of aromatic nitrogens is 1. The van der Waals surface area contributed by atoms with Crippen molar-refractivity contribution in [2.45, 2.75) is 31.6 Å². The number of carbonyl (C=O) groups excluding carboxylic acids is 1. The molecule has 0 bridgehead atoms. The van der Waals surface area contributed by atoms with E-state index in [4.69, 9.17) is 14.5 Å². The maximum atomic E-state index is 12.0. The van der Waals surface area contributed by atoms with Crippen LogP contribution in [0.4, 0.5) is 0 Å². The molecule has 24 heavy (non-hydrogen) atoms. The molecule has 2 aromatic rings. The number of hydrogen-bond donors (Lipinski definition) is 0. The maximum absolute atomic E-state index is 12.0. The lowest BCUT2D eigenvalue weighted by molar-refractivity contribution is -0.147. The standard InChI is InChI=1S/C18H20N2O3S/c1-12-9-15(18(21)23-12)20-7-8-22-16(10-20)17-19-14(11-24-17)13-5-3-2-4-6-13/h2-6,11-12,15-16H,7-10H2,1H3/t12-,15+,16+/m1/s1. The summed E-state index contributed by atoms with van der Waals surface area (Å²) in [4.78, 5) is 18.9. The molecule has 0 radical (unpaired) electrons. The van der Waals surface area contributed by atoms with Gasteiger partial charge in [-0.3, -0.25) is 9.69 Å². The number of ether oxygens (including phenoxy) is 2. The lowest BCUT2D eigenvalue weighted by Gasteiger charge is -2.34. The molecule has 0 spiro atoms. The molecule has 126 valence electrons. The van der Waals surface area contributed by atoms with E-state index in [0.29, 0.717) is 13.2 Å². The summed E-state index contributed by atoms with van der Waals surface area (Å²) in [5.74, 6) is -0.104. The number of esters is 1. The van der Waals surface area contributed by atoms with Gasteiger partial charge in [0.15, 0.2) is 0 Å². The highest BCUT2D eigenvalue weighted by molar-refractivity contribution is 7.10. The number of carbonyl (C=O) groups is 1. The second-order valence-corrected chi connectivity index (χ2v) is 7.18. The molecule has 0 amide bonds. The molecule has 4 rings (SSSR count). The van der Waals surface area contributed by atoms with Gasteiger partial charge in [-0.25, -0.2) is 4.98 Å². The van der Waals surface area contributed by atoms with Crippen LogP contribution < -0.4 is 0 Å². The maximum Gasteiger partial charge on any atom is 0.323 e. The molecular formula is C18H20N2O3S. The Labute approximate surface area is 145 Å². The van der Waals surface area contributed by atoms with E-state index in [0.717, 1.165) is 29.2 Å². The topological polar surface area (TPSA) is 51.7 Å². The van der Waals surface area contributed by atoms with Crippen molar-refractivity contribution in [2.24, 2.45) is 0 Å². The first kappa shape index (κ1) is 15.7. The summed E-state index contributed by atoms with van der Waals surface area (Å²) in [6.07, 6.45) is 0.692. The summed E-state index contributed by atoms with van der Waals surface area (Å²) in [7, 11) is 0. The van der Waals surface area contributed by atoms with Crippen molar-refractivity contribution in [3.8, 4) is 11.3 Å². The van der Waals surface area contributed by atoms with Crippen LogP contribution in [0.1, 0.15) is 24.5 Å². The van der Waals surface area contributed by atoms with Gasteiger partial charge in [-0.1, -0.05) is 30.3 Å². The highest BCUT2D eigenvalue weighted by Gasteiger charge is 2.39. The fraction of sp³-hybridized carbons (Fsp3) is 0.444. The summed E-state index contributed by atoms with van der Waals surface area (Å²) in [6, 6.07) is 10.0. The molecule has 0 N–H and O–H groups in total. The minimum atomic E-state index is -0.139. The SMILES string of the molecule is C[C@@H]1C[C@H](N2CCO[C@H](c3nc(-c4ccccc4)cs3)C2)C(=O)O1. The lowest BCUT2D eigenvalue weighted by Crippen LogP contribution is -2.46. The van der Waals surface area contributed by atoms with Gasteiger partial charge in [-0.05, 0) is 6.92 Å². The Hall–Kier alpha value is -1.76. The van der Waals surface area contributed by atoms with Gasteiger partial charge in [0.2, 0.25) is 0 Å². The zero-order chi connectivity index (χ0) is 16.5. The van der Waals surface area contributed by atoms with E-state index in [2.05, 4.69) is 22.4 Å². The number of thiazole rings is 1. The lowest BCUT2D eigenvalue weighted by atomic mass is 10.1. The van der Waals surface area contributed by atoms with Crippen LogP contribution in [0.2, 0.25) is 0 Å². The van der Waals surface area contributed by atoms with Gasteiger partial charge in [-0.2, -0.15) is 0 Å². The molecule has 2 aliphatic heterocycles. The zero-order valence-electron chi connectivity index (χ0n) is 13.6. The van der Waals surface area contributed by atoms with Crippen molar-refractivity contribution in [1.29, 1.82) is 0 Å². The van der Waals surface area contributed by atoms with Crippen LogP contribution in [0.5, 0.6) is 0 Å². The Morgan fingerprint density at radius 2 is 2.12 bits per heavy atom. The molecule has 3 heterocycles. The Kier molecular flexibility index (Phi) is 4.35. The van der Waals surface area contributed by atoms with Crippen LogP contribution >= 0.6 is 11.3 Å². The van der Waals surface area contributed by atoms with Gasteiger partial charge in [0.25, 0.3) is 0 Å². The summed E-state index contributed by atoms with van der Waals surface area (Å²) in [5, 5.41) is 3.04. The molecular weight excluding hydrogens is 324 g/mol. The third kappa shape index (κ3) is 3.09. The van der Waals surface area contributed by atoms with Crippen molar-refractivity contribution in [1.82, 2.24) is 9.88 Å². The van der Waals surface area contributed by atoms with Gasteiger partial charge in [0, 0.05) is 30.5 Å². The smallest absolute Gasteiger partial charge is 0.323 e. The van der Waals surface area contributed by atoms with E-state index >= 15 is 0 Å². The minimum absolute atomic E-state index is 0.00772. The first-order chi connectivity index (χ1) is 11.7. The fourth-order valence-electron chi connectivity index (χ4n) is 3.31. The van der Waals surface area contributed by atoms with Crippen molar-refractivity contribution >= 4 is 17.3 Å². The Morgan fingerprint density at radius 1 is 1.29 bits per heavy atom. The number of morpholine rings is 1. The summed E-state index contributed by atoms with van der Waals surface area (Å²) in [5.41, 5.74) is 2.09. The zero-order valence-corrected chi connectivity index (χ0v) is 14.4. The van der Waals surface area contributed by atoms with E-state index in [1.807, 2.05) is 25.1 Å². The third-order valence-electron chi connectivity index (χ3n) is 4.55. The molecule has 0 aliphatic carbocycles. The van der Waals surface area contributed by atoms with Crippen LogP contribution in [0.15, 0.2) is 35.7 Å². The summed E-state index contributed by atoms with van der Waals surface area (Å²) < 4.78 is 11.2. The molecule has 1 aromatic carbocycles. The number of rotatable bonds is 3. The van der Waals surface area contributed by atoms with E-state index in [9.17, 15) is 4.79 Å². The van der Waals surface area contributed by atoms with Crippen molar-refractivity contribution in [3.05, 3.63) is 40.7 Å². The average Bonchev–Trinajstić information content (AvgIpc) is 3.22. The van der Waals surface area contributed by atoms with Crippen molar-refractivity contribution in [2.75, 3.05) is 19.7 Å². The van der Waals surface area contributed by atoms with Gasteiger partial charge < -0.3 is 9.47 Å². The molecule has 2 fully saturated rings. The number of benzene rings is 1. The minimum Gasteiger partial charge on any atom is -0.461 e. The van der Waals surface area contributed by atoms with E-state index in [1.165, 1.54) is 0 Å². The van der Waals surface area contributed by atoms with Crippen molar-refractivity contribution in [3.63, 3.8) is 0 Å². The molecule has 0 unspecified atom stereocenters. The van der Waals surface area contributed by atoms with Crippen LogP contribution in [0.25, 0.3) is 11.3 Å². The number of hydrogen-bond acceptors (Lipinski definition) is 6. The van der Waals surface area contributed by atoms with Gasteiger partial charge in [0.1, 0.15) is 23.3 Å². The molecule has 3 atom stereocenters. The van der Waals surface area contributed by atoms with Gasteiger partial charge in [-0.15, -0.1) is 11.3 Å². The summed E-state index contributed by atoms with van der Waals surface area (Å²) in [6.45, 7) is 4.01. The summed E-state index contributed by atoms with van der Waals surface area (Å²) >= 11 is 1.62. The largest absolute Gasteiger partial charge is 0.461 e. The Morgan fingerprint density at radius 3 is 2.88 bits per heavy atom. The van der Waals surface area contributed by atoms with Crippen LogP contribution in [0.3, 0.4) is 0 Å². The quantitative estimate of drug-likeness (QED) is 0.802. The molecule has 6 heteroatoms. The van der Waals surface area contributed by atoms with Crippen LogP contribution in [-0.4, -0.2) is 47.7 Å². The Bertz CT molecular complexity index is 718. The third-order valence-corrected chi connectivity index (χ3v) is 5.49. The number of nitrogens with zero attached hydrogens (tertiary/aromatic N) is 2. The van der Waals surface area contributed by atoms with Crippen molar-refractivity contribution < 1.29 is 14.3 Å². The monoisotopic (exact) mass is 344 g/mol. The average molecular weight is 344 g/mol. The van der Waals surface area contributed by atoms with E-state index < -0.39 is 0 Å². The molecule has 0 saturated carbocycles. The van der Waals surface area contributed by atoms with E-state index in [1.54, 1.807) is 11.3 Å². The molecule has 1 aromatic heterocycles. The van der Waals surface area contributed by atoms with Gasteiger partial charge >= 0.3 is 5.97 Å². The highest BCUT2D eigenvalue weighted by Crippen LogP contribution is 2.31. The predicted octanol–water partition coefficient (Wildman–Crippen LogP) is 2.89. The molecule has 2 aliphatic rings. The number of cyclic esters (lactones) is 1. The van der Waals surface area contributed by atoms with Crippen LogP contribution in [0, 0.1) is 0 Å². The first-order valence-electron chi connectivity index (χ1n) is 8.27. The highest BCUT2D eigenvalue weighted by atomic mass is 32.1. The molecule has 5 nitrogen and oxygen atoms in total. The Balaban J connectivity index is 1.49. The second kappa shape index (κ2) is 6.63. The van der Waals surface area contributed by atoms with E-state index in [-0.39, 0.29) is 24.2 Å². The molecule has 2 saturated heterocycles. The predicted molar refractivity (Wildman–Crippen MR) is 91.8 cm³/mol.